The zero-order valence-electron chi connectivity index (χ0n) is 17.4. The molecule has 156 valence electrons. The summed E-state index contributed by atoms with van der Waals surface area (Å²) in [5.74, 6) is 1.94. The summed E-state index contributed by atoms with van der Waals surface area (Å²) in [6.07, 6.45) is 3.59. The van der Waals surface area contributed by atoms with Crippen LogP contribution in [0.2, 0.25) is 0 Å². The van der Waals surface area contributed by atoms with Gasteiger partial charge in [0.2, 0.25) is 5.91 Å². The predicted molar refractivity (Wildman–Crippen MR) is 112 cm³/mol. The number of carbonyl (C=O) groups excluding carboxylic acids is 1. The van der Waals surface area contributed by atoms with Gasteiger partial charge in [-0.2, -0.15) is 4.68 Å². The molecule has 0 bridgehead atoms. The van der Waals surface area contributed by atoms with Crippen molar-refractivity contribution in [3.63, 3.8) is 0 Å². The van der Waals surface area contributed by atoms with Crippen LogP contribution in [0, 0.1) is 6.92 Å². The Morgan fingerprint density at radius 2 is 1.83 bits per heavy atom. The second-order valence-electron chi connectivity index (χ2n) is 7.50. The van der Waals surface area contributed by atoms with Gasteiger partial charge in [0.1, 0.15) is 0 Å². The minimum Gasteiger partial charge on any atom is -0.493 e. The zero-order chi connectivity index (χ0) is 21.1. The number of rotatable bonds is 6. The molecule has 0 atom stereocenters. The number of aryl methyl sites for hydroxylation is 1. The number of amides is 1. The monoisotopic (exact) mass is 407 g/mol. The molecule has 0 aliphatic heterocycles. The van der Waals surface area contributed by atoms with Gasteiger partial charge in [-0.3, -0.25) is 4.79 Å². The van der Waals surface area contributed by atoms with Gasteiger partial charge in [-0.05, 0) is 66.1 Å². The Morgan fingerprint density at radius 3 is 2.50 bits per heavy atom. The topological polar surface area (TPSA) is 91.2 Å². The van der Waals surface area contributed by atoms with Crippen LogP contribution in [0.3, 0.4) is 0 Å². The Labute approximate surface area is 175 Å². The number of aromatic nitrogens is 4. The molecule has 1 fully saturated rings. The molecule has 1 saturated carbocycles. The molecule has 8 heteroatoms. The van der Waals surface area contributed by atoms with Gasteiger partial charge in [0.25, 0.3) is 0 Å². The van der Waals surface area contributed by atoms with Gasteiger partial charge in [0.05, 0.1) is 25.3 Å². The highest BCUT2D eigenvalue weighted by Crippen LogP contribution is 2.44. The van der Waals surface area contributed by atoms with Crippen molar-refractivity contribution in [1.29, 1.82) is 0 Å². The van der Waals surface area contributed by atoms with E-state index in [0.717, 1.165) is 36.9 Å². The van der Waals surface area contributed by atoms with Crippen molar-refractivity contribution >= 4 is 11.6 Å². The molecule has 1 aromatic heterocycles. The van der Waals surface area contributed by atoms with E-state index in [2.05, 4.69) is 20.8 Å². The van der Waals surface area contributed by atoms with Crippen LogP contribution >= 0.6 is 0 Å². The van der Waals surface area contributed by atoms with E-state index in [1.54, 1.807) is 18.9 Å². The predicted octanol–water partition coefficient (Wildman–Crippen LogP) is 3.44. The number of methoxy groups -OCH3 is 2. The summed E-state index contributed by atoms with van der Waals surface area (Å²) >= 11 is 0. The van der Waals surface area contributed by atoms with Gasteiger partial charge < -0.3 is 14.8 Å². The molecule has 4 rings (SSSR count). The SMILES string of the molecule is COc1ccc(C2(C(=O)Nc3cccc(-n4nnnc4C)c3)CCCC2)cc1OC. The van der Waals surface area contributed by atoms with E-state index in [0.29, 0.717) is 23.0 Å². The van der Waals surface area contributed by atoms with E-state index in [4.69, 9.17) is 9.47 Å². The molecule has 30 heavy (non-hydrogen) atoms. The fourth-order valence-corrected chi connectivity index (χ4v) is 4.20. The van der Waals surface area contributed by atoms with Gasteiger partial charge in [0.15, 0.2) is 17.3 Å². The van der Waals surface area contributed by atoms with E-state index in [1.165, 1.54) is 0 Å². The van der Waals surface area contributed by atoms with E-state index in [1.807, 2.05) is 49.4 Å². The van der Waals surface area contributed by atoms with E-state index < -0.39 is 5.41 Å². The maximum absolute atomic E-state index is 13.5. The van der Waals surface area contributed by atoms with E-state index in [-0.39, 0.29) is 5.91 Å². The van der Waals surface area contributed by atoms with Crippen LogP contribution in [0.5, 0.6) is 11.5 Å². The number of hydrogen-bond acceptors (Lipinski definition) is 6. The normalized spacial score (nSPS) is 15.0. The first-order valence-electron chi connectivity index (χ1n) is 9.97. The standard InChI is InChI=1S/C22H25N5O3/c1-15-24-25-26-27(15)18-8-6-7-17(14-18)23-21(28)22(11-4-5-12-22)16-9-10-19(29-2)20(13-16)30-3/h6-10,13-14H,4-5,11-12H2,1-3H3,(H,23,28). The van der Waals surface area contributed by atoms with Crippen LogP contribution in [0.25, 0.3) is 5.69 Å². The number of hydrogen-bond donors (Lipinski definition) is 1. The first-order valence-corrected chi connectivity index (χ1v) is 9.97. The summed E-state index contributed by atoms with van der Waals surface area (Å²) < 4.78 is 12.5. The number of carbonyl (C=O) groups is 1. The lowest BCUT2D eigenvalue weighted by Gasteiger charge is -2.29. The highest BCUT2D eigenvalue weighted by Gasteiger charge is 2.43. The summed E-state index contributed by atoms with van der Waals surface area (Å²) in [6, 6.07) is 13.3. The summed E-state index contributed by atoms with van der Waals surface area (Å²) in [5.41, 5.74) is 1.85. The van der Waals surface area contributed by atoms with Crippen LogP contribution < -0.4 is 14.8 Å². The second kappa shape index (κ2) is 8.14. The lowest BCUT2D eigenvalue weighted by atomic mass is 9.77. The summed E-state index contributed by atoms with van der Waals surface area (Å²) in [4.78, 5) is 13.5. The molecular formula is C22H25N5O3. The molecule has 0 spiro atoms. The van der Waals surface area contributed by atoms with Crippen molar-refractivity contribution in [2.75, 3.05) is 19.5 Å². The molecule has 2 aromatic carbocycles. The molecule has 1 amide bonds. The van der Waals surface area contributed by atoms with Crippen LogP contribution in [-0.2, 0) is 10.2 Å². The van der Waals surface area contributed by atoms with Crippen molar-refractivity contribution in [3.05, 3.63) is 53.9 Å². The largest absolute Gasteiger partial charge is 0.493 e. The van der Waals surface area contributed by atoms with E-state index in [9.17, 15) is 4.79 Å². The number of anilines is 1. The average Bonchev–Trinajstić information content (AvgIpc) is 3.43. The molecule has 1 aliphatic carbocycles. The maximum atomic E-state index is 13.5. The number of tetrazole rings is 1. The third-order valence-electron chi connectivity index (χ3n) is 5.80. The maximum Gasteiger partial charge on any atom is 0.235 e. The minimum absolute atomic E-state index is 0.0159. The van der Waals surface area contributed by atoms with Crippen LogP contribution in [0.1, 0.15) is 37.1 Å². The first-order chi connectivity index (χ1) is 14.6. The third-order valence-corrected chi connectivity index (χ3v) is 5.80. The molecule has 3 aromatic rings. The molecular weight excluding hydrogens is 382 g/mol. The molecule has 0 unspecified atom stereocenters. The third kappa shape index (κ3) is 3.49. The fourth-order valence-electron chi connectivity index (χ4n) is 4.20. The highest BCUT2D eigenvalue weighted by atomic mass is 16.5. The fraction of sp³-hybridized carbons (Fsp3) is 0.364. The van der Waals surface area contributed by atoms with Crippen LogP contribution in [-0.4, -0.2) is 40.3 Å². The van der Waals surface area contributed by atoms with Crippen molar-refractivity contribution in [1.82, 2.24) is 20.2 Å². The van der Waals surface area contributed by atoms with Crippen molar-refractivity contribution in [2.24, 2.45) is 0 Å². The molecule has 8 nitrogen and oxygen atoms in total. The van der Waals surface area contributed by atoms with Crippen LogP contribution in [0.15, 0.2) is 42.5 Å². The van der Waals surface area contributed by atoms with Gasteiger partial charge in [-0.15, -0.1) is 5.10 Å². The lowest BCUT2D eigenvalue weighted by molar-refractivity contribution is -0.121. The molecule has 1 aliphatic rings. The molecule has 0 saturated heterocycles. The first kappa shape index (κ1) is 19.9. The Hall–Kier alpha value is -3.42. The van der Waals surface area contributed by atoms with Gasteiger partial charge >= 0.3 is 0 Å². The Balaban J connectivity index is 1.65. The Kier molecular flexibility index (Phi) is 5.39. The average molecular weight is 407 g/mol. The van der Waals surface area contributed by atoms with Gasteiger partial charge in [-0.1, -0.05) is 25.0 Å². The highest BCUT2D eigenvalue weighted by molar-refractivity contribution is 5.99. The molecule has 0 radical (unpaired) electrons. The lowest BCUT2D eigenvalue weighted by Crippen LogP contribution is -2.38. The zero-order valence-corrected chi connectivity index (χ0v) is 17.4. The number of nitrogens with one attached hydrogen (secondary N) is 1. The molecule has 1 N–H and O–H groups in total. The van der Waals surface area contributed by atoms with Crippen molar-refractivity contribution in [2.45, 2.75) is 38.0 Å². The van der Waals surface area contributed by atoms with Gasteiger partial charge in [-0.25, -0.2) is 0 Å². The minimum atomic E-state index is -0.597. The summed E-state index contributed by atoms with van der Waals surface area (Å²) in [7, 11) is 3.21. The Morgan fingerprint density at radius 1 is 1.07 bits per heavy atom. The summed E-state index contributed by atoms with van der Waals surface area (Å²) in [5, 5.41) is 14.7. The second-order valence-corrected chi connectivity index (χ2v) is 7.50. The molecule has 1 heterocycles. The smallest absolute Gasteiger partial charge is 0.235 e. The number of ether oxygens (including phenoxy) is 2. The Bertz CT molecular complexity index is 1060. The quantitative estimate of drug-likeness (QED) is 0.673. The van der Waals surface area contributed by atoms with Crippen molar-refractivity contribution in [3.8, 4) is 17.2 Å². The summed E-state index contributed by atoms with van der Waals surface area (Å²) in [6.45, 7) is 1.83. The van der Waals surface area contributed by atoms with Gasteiger partial charge in [0, 0.05) is 5.69 Å². The van der Waals surface area contributed by atoms with E-state index >= 15 is 0 Å². The van der Waals surface area contributed by atoms with Crippen molar-refractivity contribution < 1.29 is 14.3 Å². The van der Waals surface area contributed by atoms with Crippen LogP contribution in [0.4, 0.5) is 5.69 Å². The number of benzene rings is 2. The number of nitrogens with zero attached hydrogens (tertiary/aromatic N) is 4.